The number of carbonyl (C=O) groups excluding carboxylic acids is 2. The highest BCUT2D eigenvalue weighted by Crippen LogP contribution is 2.34. The van der Waals surface area contributed by atoms with E-state index in [1.54, 1.807) is 12.1 Å². The van der Waals surface area contributed by atoms with Gasteiger partial charge in [-0.25, -0.2) is 4.98 Å². The van der Waals surface area contributed by atoms with Gasteiger partial charge in [0, 0.05) is 12.0 Å². The topological polar surface area (TPSA) is 68.3 Å². The molecule has 0 unspecified atom stereocenters. The molecule has 0 radical (unpaired) electrons. The Labute approximate surface area is 125 Å². The average molecular weight is 302 g/mol. The number of rotatable bonds is 4. The smallest absolute Gasteiger partial charge is 0.314 e. The van der Waals surface area contributed by atoms with E-state index in [9.17, 15) is 9.59 Å². The number of ether oxygens (including phenoxy) is 1. The summed E-state index contributed by atoms with van der Waals surface area (Å²) in [7, 11) is 0. The highest BCUT2D eigenvalue weighted by atomic mass is 32.1. The fourth-order valence-electron chi connectivity index (χ4n) is 2.09. The molecule has 2 aliphatic carbocycles. The molecule has 0 saturated heterocycles. The van der Waals surface area contributed by atoms with Crippen LogP contribution >= 0.6 is 11.3 Å². The summed E-state index contributed by atoms with van der Waals surface area (Å²) in [6, 6.07) is 5.36. The van der Waals surface area contributed by atoms with E-state index in [0.29, 0.717) is 10.9 Å². The second-order valence-corrected chi connectivity index (χ2v) is 6.64. The molecule has 4 rings (SSSR count). The van der Waals surface area contributed by atoms with Gasteiger partial charge in [-0.2, -0.15) is 0 Å². The van der Waals surface area contributed by atoms with Gasteiger partial charge in [-0.3, -0.25) is 9.59 Å². The predicted octanol–water partition coefficient (Wildman–Crippen LogP) is 2.96. The number of anilines is 1. The number of esters is 1. The van der Waals surface area contributed by atoms with Gasteiger partial charge in [-0.1, -0.05) is 11.3 Å². The van der Waals surface area contributed by atoms with Crippen LogP contribution in [0.5, 0.6) is 5.75 Å². The molecule has 1 amide bonds. The minimum Gasteiger partial charge on any atom is -0.426 e. The lowest BCUT2D eigenvalue weighted by Gasteiger charge is -2.02. The summed E-state index contributed by atoms with van der Waals surface area (Å²) >= 11 is 1.40. The molecule has 0 spiro atoms. The number of benzene rings is 1. The van der Waals surface area contributed by atoms with Gasteiger partial charge < -0.3 is 10.1 Å². The first kappa shape index (κ1) is 12.8. The number of thiazole rings is 1. The zero-order valence-electron chi connectivity index (χ0n) is 11.3. The Kier molecular flexibility index (Phi) is 2.92. The second kappa shape index (κ2) is 4.80. The van der Waals surface area contributed by atoms with Crippen molar-refractivity contribution in [3.05, 3.63) is 18.2 Å². The summed E-state index contributed by atoms with van der Waals surface area (Å²) in [5, 5.41) is 3.45. The van der Waals surface area contributed by atoms with Crippen LogP contribution in [0, 0.1) is 11.8 Å². The summed E-state index contributed by atoms with van der Waals surface area (Å²) in [5.41, 5.74) is 0.803. The van der Waals surface area contributed by atoms with Gasteiger partial charge in [-0.05, 0) is 37.8 Å². The molecule has 0 atom stereocenters. The molecule has 1 N–H and O–H groups in total. The van der Waals surface area contributed by atoms with Crippen molar-refractivity contribution in [1.29, 1.82) is 0 Å². The molecule has 1 heterocycles. The van der Waals surface area contributed by atoms with Gasteiger partial charge in [0.25, 0.3) is 0 Å². The van der Waals surface area contributed by atoms with E-state index >= 15 is 0 Å². The molecule has 5 nitrogen and oxygen atoms in total. The maximum Gasteiger partial charge on any atom is 0.314 e. The number of aromatic nitrogens is 1. The van der Waals surface area contributed by atoms with Gasteiger partial charge in [0.05, 0.1) is 16.1 Å². The van der Waals surface area contributed by atoms with Crippen LogP contribution in [0.3, 0.4) is 0 Å². The van der Waals surface area contributed by atoms with E-state index in [4.69, 9.17) is 4.74 Å². The molecular formula is C15H14N2O3S. The predicted molar refractivity (Wildman–Crippen MR) is 79.3 cm³/mol. The lowest BCUT2D eigenvalue weighted by Crippen LogP contribution is -2.12. The highest BCUT2D eigenvalue weighted by molar-refractivity contribution is 7.22. The van der Waals surface area contributed by atoms with Crippen LogP contribution in [-0.2, 0) is 9.59 Å². The average Bonchev–Trinajstić information content (AvgIpc) is 3.34. The van der Waals surface area contributed by atoms with Crippen molar-refractivity contribution in [3.63, 3.8) is 0 Å². The van der Waals surface area contributed by atoms with E-state index < -0.39 is 0 Å². The molecule has 1 aromatic heterocycles. The van der Waals surface area contributed by atoms with E-state index in [2.05, 4.69) is 10.3 Å². The number of hydrogen-bond donors (Lipinski definition) is 1. The first-order chi connectivity index (χ1) is 10.2. The summed E-state index contributed by atoms with van der Waals surface area (Å²) in [6.07, 6.45) is 3.80. The fraction of sp³-hybridized carbons (Fsp3) is 0.400. The van der Waals surface area contributed by atoms with Crippen molar-refractivity contribution < 1.29 is 14.3 Å². The quantitative estimate of drug-likeness (QED) is 0.696. The maximum atomic E-state index is 11.7. The molecular weight excluding hydrogens is 288 g/mol. The van der Waals surface area contributed by atoms with Gasteiger partial charge in [0.15, 0.2) is 5.13 Å². The zero-order chi connectivity index (χ0) is 14.4. The van der Waals surface area contributed by atoms with Crippen molar-refractivity contribution in [2.24, 2.45) is 11.8 Å². The summed E-state index contributed by atoms with van der Waals surface area (Å²) in [6.45, 7) is 0. The normalized spacial score (nSPS) is 17.7. The zero-order valence-corrected chi connectivity index (χ0v) is 12.1. The monoisotopic (exact) mass is 302 g/mol. The number of hydrogen-bond acceptors (Lipinski definition) is 5. The Morgan fingerprint density at radius 1 is 1.19 bits per heavy atom. The standard InChI is InChI=1S/C15H14N2O3S/c18-13(8-1-2-8)17-15-16-11-6-5-10(7-12(11)21-15)20-14(19)9-3-4-9/h5-9H,1-4H2,(H,16,17,18). The molecule has 2 aromatic rings. The summed E-state index contributed by atoms with van der Waals surface area (Å²) in [4.78, 5) is 27.8. The van der Waals surface area contributed by atoms with E-state index in [0.717, 1.165) is 35.9 Å². The Balaban J connectivity index is 1.52. The van der Waals surface area contributed by atoms with Crippen molar-refractivity contribution >= 4 is 38.6 Å². The van der Waals surface area contributed by atoms with Crippen LogP contribution in [-0.4, -0.2) is 16.9 Å². The lowest BCUT2D eigenvalue weighted by atomic mass is 10.3. The number of nitrogens with zero attached hydrogens (tertiary/aromatic N) is 1. The second-order valence-electron chi connectivity index (χ2n) is 5.61. The van der Waals surface area contributed by atoms with Gasteiger partial charge in [-0.15, -0.1) is 0 Å². The van der Waals surface area contributed by atoms with Crippen molar-refractivity contribution in [2.45, 2.75) is 25.7 Å². The van der Waals surface area contributed by atoms with Crippen LogP contribution in [0.4, 0.5) is 5.13 Å². The van der Waals surface area contributed by atoms with Crippen molar-refractivity contribution in [3.8, 4) is 5.75 Å². The lowest BCUT2D eigenvalue weighted by molar-refractivity contribution is -0.135. The van der Waals surface area contributed by atoms with Crippen LogP contribution in [0.1, 0.15) is 25.7 Å². The molecule has 2 fully saturated rings. The van der Waals surface area contributed by atoms with Gasteiger partial charge >= 0.3 is 5.97 Å². The van der Waals surface area contributed by atoms with Crippen LogP contribution in [0.15, 0.2) is 18.2 Å². The first-order valence-corrected chi connectivity index (χ1v) is 7.94. The Morgan fingerprint density at radius 3 is 2.67 bits per heavy atom. The van der Waals surface area contributed by atoms with Crippen molar-refractivity contribution in [2.75, 3.05) is 5.32 Å². The van der Waals surface area contributed by atoms with E-state index in [-0.39, 0.29) is 23.7 Å². The molecule has 108 valence electrons. The molecule has 2 aliphatic rings. The molecule has 0 bridgehead atoms. The van der Waals surface area contributed by atoms with Gasteiger partial charge in [0.1, 0.15) is 5.75 Å². The number of nitrogens with one attached hydrogen (secondary N) is 1. The number of amides is 1. The highest BCUT2D eigenvalue weighted by Gasteiger charge is 2.32. The maximum absolute atomic E-state index is 11.7. The van der Waals surface area contributed by atoms with E-state index in [1.807, 2.05) is 6.07 Å². The molecule has 1 aromatic carbocycles. The van der Waals surface area contributed by atoms with Crippen LogP contribution < -0.4 is 10.1 Å². The van der Waals surface area contributed by atoms with Crippen LogP contribution in [0.25, 0.3) is 10.2 Å². The summed E-state index contributed by atoms with van der Waals surface area (Å²) < 4.78 is 6.24. The minimum atomic E-state index is -0.152. The number of carbonyl (C=O) groups is 2. The third-order valence-electron chi connectivity index (χ3n) is 3.67. The Morgan fingerprint density at radius 2 is 1.95 bits per heavy atom. The third-order valence-corrected chi connectivity index (χ3v) is 4.60. The molecule has 21 heavy (non-hydrogen) atoms. The number of fused-ring (bicyclic) bond motifs is 1. The fourth-order valence-corrected chi connectivity index (χ4v) is 2.99. The Hall–Kier alpha value is -1.95. The van der Waals surface area contributed by atoms with Crippen molar-refractivity contribution in [1.82, 2.24) is 4.98 Å². The molecule has 0 aliphatic heterocycles. The molecule has 2 saturated carbocycles. The van der Waals surface area contributed by atoms with Crippen LogP contribution in [0.2, 0.25) is 0 Å². The third kappa shape index (κ3) is 2.76. The largest absolute Gasteiger partial charge is 0.426 e. The SMILES string of the molecule is O=C(Nc1nc2ccc(OC(=O)C3CC3)cc2s1)C1CC1. The van der Waals surface area contributed by atoms with Gasteiger partial charge in [0.2, 0.25) is 5.91 Å². The molecule has 6 heteroatoms. The van der Waals surface area contributed by atoms with E-state index in [1.165, 1.54) is 11.3 Å². The Bertz CT molecular complexity index is 708. The first-order valence-electron chi connectivity index (χ1n) is 7.12. The summed E-state index contributed by atoms with van der Waals surface area (Å²) in [5.74, 6) is 0.682. The minimum absolute atomic E-state index is 0.0504.